The summed E-state index contributed by atoms with van der Waals surface area (Å²) in [5, 5.41) is 5.02. The molecule has 0 spiro atoms. The molecule has 0 bridgehead atoms. The summed E-state index contributed by atoms with van der Waals surface area (Å²) in [7, 11) is 0. The van der Waals surface area contributed by atoms with Crippen LogP contribution in [0.2, 0.25) is 0 Å². The molecule has 2 N–H and O–H groups in total. The van der Waals surface area contributed by atoms with Gasteiger partial charge >= 0.3 is 12.4 Å². The zero-order valence-corrected chi connectivity index (χ0v) is 18.1. The lowest BCUT2D eigenvalue weighted by atomic mass is 9.80. The number of fused-ring (bicyclic) bond motifs is 1. The predicted octanol–water partition coefficient (Wildman–Crippen LogP) is 5.51. The maximum atomic E-state index is 13.4. The number of hydrogen-bond acceptors (Lipinski definition) is 3. The summed E-state index contributed by atoms with van der Waals surface area (Å²) in [5.41, 5.74) is -3.30. The molecule has 3 aromatic rings. The molecule has 184 valence electrons. The molecule has 5 nitrogen and oxygen atoms in total. The largest absolute Gasteiger partial charge is 0.465 e. The summed E-state index contributed by atoms with van der Waals surface area (Å²) in [6, 6.07) is 8.76. The summed E-state index contributed by atoms with van der Waals surface area (Å²) in [6.45, 7) is 1.63. The molecular formula is C24H18F6N2O3. The smallest absolute Gasteiger partial charge is 0.416 e. The summed E-state index contributed by atoms with van der Waals surface area (Å²) in [5.74, 6) is -1.74. The standard InChI is InChI=1S/C24H18F6N2O3/c1-12-6-7-16(35-12)11-31-22(34)19-17-4-2-3-5-18(17)21(33)32-20(19)13-8-14(23(25,26)27)10-15(9-13)24(28,29)30/h2-10,19-20H,11H2,1H3,(H,31,34)(H,32,33). The van der Waals surface area contributed by atoms with Crippen LogP contribution >= 0.6 is 0 Å². The normalized spacial score (nSPS) is 18.1. The first kappa shape index (κ1) is 24.4. The Balaban J connectivity index is 1.80. The first-order chi connectivity index (χ1) is 16.3. The summed E-state index contributed by atoms with van der Waals surface area (Å²) < 4.78 is 86.0. The van der Waals surface area contributed by atoms with E-state index >= 15 is 0 Å². The fourth-order valence-electron chi connectivity index (χ4n) is 4.05. The van der Waals surface area contributed by atoms with Crippen LogP contribution < -0.4 is 10.6 Å². The van der Waals surface area contributed by atoms with E-state index < -0.39 is 52.8 Å². The Bertz CT molecular complexity index is 1250. The van der Waals surface area contributed by atoms with Crippen LogP contribution in [-0.4, -0.2) is 11.8 Å². The highest BCUT2D eigenvalue weighted by molar-refractivity contribution is 6.01. The molecule has 1 aliphatic rings. The maximum absolute atomic E-state index is 13.4. The molecule has 0 saturated carbocycles. The predicted molar refractivity (Wildman–Crippen MR) is 111 cm³/mol. The van der Waals surface area contributed by atoms with Gasteiger partial charge in [-0.25, -0.2) is 0 Å². The van der Waals surface area contributed by atoms with E-state index in [2.05, 4.69) is 10.6 Å². The fraction of sp³-hybridized carbons (Fsp3) is 0.250. The molecule has 4 rings (SSSR count). The van der Waals surface area contributed by atoms with Crippen molar-refractivity contribution in [3.8, 4) is 0 Å². The number of aryl methyl sites for hydroxylation is 1. The molecule has 11 heteroatoms. The molecule has 1 aromatic heterocycles. The number of rotatable bonds is 4. The van der Waals surface area contributed by atoms with E-state index in [1.807, 2.05) is 0 Å². The van der Waals surface area contributed by atoms with Gasteiger partial charge in [0.1, 0.15) is 11.5 Å². The van der Waals surface area contributed by atoms with Gasteiger partial charge in [-0.2, -0.15) is 26.3 Å². The maximum Gasteiger partial charge on any atom is 0.416 e. The second kappa shape index (κ2) is 8.79. The number of amides is 2. The van der Waals surface area contributed by atoms with Crippen molar-refractivity contribution in [2.75, 3.05) is 0 Å². The molecule has 0 radical (unpaired) electrons. The van der Waals surface area contributed by atoms with Crippen LogP contribution in [0.1, 0.15) is 56.1 Å². The van der Waals surface area contributed by atoms with Crippen molar-refractivity contribution < 1.29 is 40.3 Å². The highest BCUT2D eigenvalue weighted by Crippen LogP contribution is 2.42. The van der Waals surface area contributed by atoms with Gasteiger partial charge in [0.25, 0.3) is 5.91 Å². The molecule has 2 aromatic carbocycles. The molecule has 2 amide bonds. The van der Waals surface area contributed by atoms with Gasteiger partial charge < -0.3 is 15.1 Å². The van der Waals surface area contributed by atoms with Gasteiger partial charge in [-0.1, -0.05) is 18.2 Å². The molecule has 2 unspecified atom stereocenters. The summed E-state index contributed by atoms with van der Waals surface area (Å²) in [4.78, 5) is 25.9. The number of nitrogens with one attached hydrogen (secondary N) is 2. The fourth-order valence-corrected chi connectivity index (χ4v) is 4.05. The Hall–Kier alpha value is -3.76. The van der Waals surface area contributed by atoms with Gasteiger partial charge in [-0.15, -0.1) is 0 Å². The van der Waals surface area contributed by atoms with E-state index in [0.717, 1.165) is 0 Å². The van der Waals surface area contributed by atoms with Gasteiger partial charge in [0.15, 0.2) is 0 Å². The molecular weight excluding hydrogens is 478 g/mol. The Morgan fingerprint density at radius 3 is 2.17 bits per heavy atom. The van der Waals surface area contributed by atoms with Crippen LogP contribution in [-0.2, 0) is 23.7 Å². The van der Waals surface area contributed by atoms with Crippen molar-refractivity contribution in [1.82, 2.24) is 10.6 Å². The molecule has 0 fully saturated rings. The first-order valence-electron chi connectivity index (χ1n) is 10.4. The van der Waals surface area contributed by atoms with Crippen LogP contribution in [0.5, 0.6) is 0 Å². The van der Waals surface area contributed by atoms with E-state index in [9.17, 15) is 35.9 Å². The molecule has 2 heterocycles. The monoisotopic (exact) mass is 496 g/mol. The first-order valence-corrected chi connectivity index (χ1v) is 10.4. The lowest BCUT2D eigenvalue weighted by Gasteiger charge is -2.34. The minimum atomic E-state index is -5.08. The van der Waals surface area contributed by atoms with E-state index in [4.69, 9.17) is 4.42 Å². The van der Waals surface area contributed by atoms with Crippen LogP contribution in [0.25, 0.3) is 0 Å². The molecule has 2 atom stereocenters. The number of alkyl halides is 6. The number of carbonyl (C=O) groups excluding carboxylic acids is 2. The van der Waals surface area contributed by atoms with Crippen molar-refractivity contribution in [1.29, 1.82) is 0 Å². The average Bonchev–Trinajstić information content (AvgIpc) is 3.21. The Kier molecular flexibility index (Phi) is 6.12. The number of hydrogen-bond donors (Lipinski definition) is 2. The van der Waals surface area contributed by atoms with Crippen molar-refractivity contribution in [2.24, 2.45) is 0 Å². The van der Waals surface area contributed by atoms with Crippen LogP contribution in [0.15, 0.2) is 59.0 Å². The third-order valence-corrected chi connectivity index (χ3v) is 5.64. The molecule has 0 aliphatic carbocycles. The van der Waals surface area contributed by atoms with Crippen LogP contribution in [0, 0.1) is 6.92 Å². The van der Waals surface area contributed by atoms with E-state index in [-0.39, 0.29) is 23.7 Å². The van der Waals surface area contributed by atoms with Crippen LogP contribution in [0.3, 0.4) is 0 Å². The van der Waals surface area contributed by atoms with Gasteiger partial charge in [0.05, 0.1) is 29.6 Å². The second-order valence-electron chi connectivity index (χ2n) is 8.09. The molecule has 35 heavy (non-hydrogen) atoms. The highest BCUT2D eigenvalue weighted by Gasteiger charge is 2.42. The van der Waals surface area contributed by atoms with Crippen molar-refractivity contribution in [3.63, 3.8) is 0 Å². The number of carbonyl (C=O) groups is 2. The summed E-state index contributed by atoms with van der Waals surface area (Å²) in [6.07, 6.45) is -10.2. The van der Waals surface area contributed by atoms with Crippen molar-refractivity contribution in [3.05, 3.63) is 93.9 Å². The molecule has 0 saturated heterocycles. The number of halogens is 6. The lowest BCUT2D eigenvalue weighted by molar-refractivity contribution is -0.143. The Morgan fingerprint density at radius 2 is 1.60 bits per heavy atom. The van der Waals surface area contributed by atoms with Gasteiger partial charge in [-0.05, 0) is 54.4 Å². The average molecular weight is 496 g/mol. The SMILES string of the molecule is Cc1ccc(CNC(=O)C2c3ccccc3C(=O)NC2c2cc(C(F)(F)F)cc(C(F)(F)F)c2)o1. The van der Waals surface area contributed by atoms with E-state index in [1.165, 1.54) is 24.3 Å². The quantitative estimate of drug-likeness (QED) is 0.468. The van der Waals surface area contributed by atoms with Crippen molar-refractivity contribution >= 4 is 11.8 Å². The summed E-state index contributed by atoms with van der Waals surface area (Å²) >= 11 is 0. The van der Waals surface area contributed by atoms with Gasteiger partial charge in [-0.3, -0.25) is 9.59 Å². The second-order valence-corrected chi connectivity index (χ2v) is 8.09. The Morgan fingerprint density at radius 1 is 0.971 bits per heavy atom. The topological polar surface area (TPSA) is 71.3 Å². The minimum Gasteiger partial charge on any atom is -0.465 e. The van der Waals surface area contributed by atoms with E-state index in [1.54, 1.807) is 19.1 Å². The Labute approximate surface area is 195 Å². The third kappa shape index (κ3) is 5.03. The zero-order chi connectivity index (χ0) is 25.5. The van der Waals surface area contributed by atoms with Gasteiger partial charge in [0, 0.05) is 5.56 Å². The van der Waals surface area contributed by atoms with Crippen molar-refractivity contribution in [2.45, 2.75) is 37.8 Å². The van der Waals surface area contributed by atoms with E-state index in [0.29, 0.717) is 23.7 Å². The lowest BCUT2D eigenvalue weighted by Crippen LogP contribution is -2.44. The zero-order valence-electron chi connectivity index (χ0n) is 18.1. The third-order valence-electron chi connectivity index (χ3n) is 5.64. The number of furan rings is 1. The van der Waals surface area contributed by atoms with Gasteiger partial charge in [0.2, 0.25) is 5.91 Å². The number of benzene rings is 2. The van der Waals surface area contributed by atoms with Crippen LogP contribution in [0.4, 0.5) is 26.3 Å². The minimum absolute atomic E-state index is 0.00356. The highest BCUT2D eigenvalue weighted by atomic mass is 19.4. The molecule has 1 aliphatic heterocycles.